The Morgan fingerprint density at radius 2 is 2.20 bits per heavy atom. The van der Waals surface area contributed by atoms with Gasteiger partial charge in [0.15, 0.2) is 11.6 Å². The van der Waals surface area contributed by atoms with Crippen molar-refractivity contribution in [2.45, 2.75) is 31.6 Å². The van der Waals surface area contributed by atoms with Crippen LogP contribution in [0, 0.1) is 0 Å². The third kappa shape index (κ3) is 2.82. The smallest absolute Gasteiger partial charge is 0.269 e. The molecule has 8 nitrogen and oxygen atoms in total. The largest absolute Gasteiger partial charge is 0.493 e. The van der Waals surface area contributed by atoms with Crippen molar-refractivity contribution in [3.63, 3.8) is 0 Å². The van der Waals surface area contributed by atoms with Gasteiger partial charge in [-0.1, -0.05) is 0 Å². The third-order valence-corrected chi connectivity index (χ3v) is 5.02. The molecule has 25 heavy (non-hydrogen) atoms. The molecule has 8 heteroatoms. The molecular weight excluding hydrogens is 322 g/mol. The Bertz CT molecular complexity index is 795. The number of aromatic nitrogens is 3. The maximum atomic E-state index is 11.3. The van der Waals surface area contributed by atoms with Crippen molar-refractivity contribution < 1.29 is 14.3 Å². The number of amides is 1. The molecule has 0 bridgehead atoms. The van der Waals surface area contributed by atoms with Crippen LogP contribution in [0.5, 0.6) is 5.75 Å². The molecule has 0 unspecified atom stereocenters. The van der Waals surface area contributed by atoms with Gasteiger partial charge in [0, 0.05) is 19.3 Å². The van der Waals surface area contributed by atoms with E-state index in [-0.39, 0.29) is 5.60 Å². The second-order valence-corrected chi connectivity index (χ2v) is 6.53. The van der Waals surface area contributed by atoms with E-state index in [2.05, 4.69) is 15.0 Å². The van der Waals surface area contributed by atoms with Crippen molar-refractivity contribution in [1.29, 1.82) is 0 Å². The van der Waals surface area contributed by atoms with E-state index in [1.807, 2.05) is 16.8 Å². The number of primary amides is 1. The average Bonchev–Trinajstić information content (AvgIpc) is 3.06. The number of nitrogens with zero attached hydrogens (tertiary/aromatic N) is 4. The Balaban J connectivity index is 1.49. The number of fused-ring (bicyclic) bond motifs is 1. The molecule has 0 atom stereocenters. The van der Waals surface area contributed by atoms with Crippen molar-refractivity contribution in [3.8, 4) is 5.75 Å². The Morgan fingerprint density at radius 3 is 2.92 bits per heavy atom. The van der Waals surface area contributed by atoms with E-state index in [1.54, 1.807) is 19.4 Å². The number of rotatable bonds is 3. The van der Waals surface area contributed by atoms with Crippen LogP contribution in [0.15, 0.2) is 24.4 Å². The number of pyridine rings is 1. The summed E-state index contributed by atoms with van der Waals surface area (Å²) in [5.74, 6) is 1.14. The summed E-state index contributed by atoms with van der Waals surface area (Å²) in [6.45, 7) is 2.75. The Morgan fingerprint density at radius 1 is 1.40 bits per heavy atom. The molecule has 2 aliphatic heterocycles. The maximum absolute atomic E-state index is 11.3. The van der Waals surface area contributed by atoms with Crippen molar-refractivity contribution >= 4 is 11.7 Å². The van der Waals surface area contributed by atoms with Crippen LogP contribution in [0.2, 0.25) is 0 Å². The van der Waals surface area contributed by atoms with Gasteiger partial charge in [0.1, 0.15) is 5.69 Å². The molecule has 132 valence electrons. The quantitative estimate of drug-likeness (QED) is 0.892. The fourth-order valence-corrected chi connectivity index (χ4v) is 3.58. The number of anilines is 1. The molecule has 1 fully saturated rings. The van der Waals surface area contributed by atoms with Crippen molar-refractivity contribution in [2.75, 3.05) is 25.1 Å². The number of nitrogens with two attached hydrogens (primary N) is 1. The van der Waals surface area contributed by atoms with E-state index in [0.29, 0.717) is 18.8 Å². The molecule has 2 aromatic rings. The van der Waals surface area contributed by atoms with E-state index in [4.69, 9.17) is 15.2 Å². The molecule has 1 amide bonds. The van der Waals surface area contributed by atoms with Crippen molar-refractivity contribution in [3.05, 3.63) is 35.8 Å². The number of piperidine rings is 1. The summed E-state index contributed by atoms with van der Waals surface area (Å²) in [6.07, 6.45) is 3.50. The van der Waals surface area contributed by atoms with Gasteiger partial charge in [0.25, 0.3) is 5.91 Å². The highest BCUT2D eigenvalue weighted by Gasteiger charge is 2.40. The van der Waals surface area contributed by atoms with Gasteiger partial charge in [-0.2, -0.15) is 5.10 Å². The Hall–Kier alpha value is -2.61. The fourth-order valence-electron chi connectivity index (χ4n) is 3.58. The lowest BCUT2D eigenvalue weighted by Gasteiger charge is -2.44. The highest BCUT2D eigenvalue weighted by atomic mass is 16.5. The minimum atomic E-state index is -0.506. The van der Waals surface area contributed by atoms with Gasteiger partial charge in [-0.05, 0) is 31.0 Å². The summed E-state index contributed by atoms with van der Waals surface area (Å²) in [5, 5.41) is 4.32. The number of hydrogen-bond acceptors (Lipinski definition) is 6. The summed E-state index contributed by atoms with van der Waals surface area (Å²) < 4.78 is 13.5. The van der Waals surface area contributed by atoms with Crippen LogP contribution in [0.4, 0.5) is 5.82 Å². The van der Waals surface area contributed by atoms with Crippen molar-refractivity contribution in [2.24, 2.45) is 5.73 Å². The van der Waals surface area contributed by atoms with E-state index in [0.717, 1.165) is 43.2 Å². The minimum absolute atomic E-state index is 0.257. The van der Waals surface area contributed by atoms with E-state index in [9.17, 15) is 4.79 Å². The summed E-state index contributed by atoms with van der Waals surface area (Å²) >= 11 is 0. The van der Waals surface area contributed by atoms with Crippen LogP contribution in [0.3, 0.4) is 0 Å². The van der Waals surface area contributed by atoms with Crippen LogP contribution in [-0.2, 0) is 17.9 Å². The zero-order valence-corrected chi connectivity index (χ0v) is 14.1. The second-order valence-electron chi connectivity index (χ2n) is 6.53. The van der Waals surface area contributed by atoms with Crippen LogP contribution < -0.4 is 15.4 Å². The lowest BCUT2D eigenvalue weighted by Crippen LogP contribution is -2.51. The SMILES string of the molecule is COc1cccnc1N1CCC2(CC1)Cn1nc(C(N)=O)cc1CO2. The first-order chi connectivity index (χ1) is 12.1. The Labute approximate surface area is 145 Å². The van der Waals surface area contributed by atoms with Crippen LogP contribution in [0.25, 0.3) is 0 Å². The predicted octanol–water partition coefficient (Wildman–Crippen LogP) is 0.955. The lowest BCUT2D eigenvalue weighted by molar-refractivity contribution is -0.106. The zero-order chi connectivity index (χ0) is 17.4. The molecule has 2 N–H and O–H groups in total. The molecule has 0 radical (unpaired) electrons. The monoisotopic (exact) mass is 343 g/mol. The van der Waals surface area contributed by atoms with Gasteiger partial charge in [-0.25, -0.2) is 4.98 Å². The van der Waals surface area contributed by atoms with Crippen LogP contribution in [0.1, 0.15) is 29.0 Å². The van der Waals surface area contributed by atoms with E-state index >= 15 is 0 Å². The first kappa shape index (κ1) is 15.9. The molecule has 2 aromatic heterocycles. The van der Waals surface area contributed by atoms with Crippen LogP contribution in [-0.4, -0.2) is 46.5 Å². The number of methoxy groups -OCH3 is 1. The lowest BCUT2D eigenvalue weighted by atomic mass is 9.90. The van der Waals surface area contributed by atoms with Gasteiger partial charge in [-0.3, -0.25) is 9.48 Å². The highest BCUT2D eigenvalue weighted by Crippen LogP contribution is 2.36. The van der Waals surface area contributed by atoms with E-state index in [1.165, 1.54) is 0 Å². The van der Waals surface area contributed by atoms with E-state index < -0.39 is 5.91 Å². The Kier molecular flexibility index (Phi) is 3.84. The molecule has 4 heterocycles. The number of ether oxygens (including phenoxy) is 2. The number of carbonyl (C=O) groups excluding carboxylic acids is 1. The molecule has 0 aromatic carbocycles. The molecule has 1 saturated heterocycles. The third-order valence-electron chi connectivity index (χ3n) is 5.02. The fraction of sp³-hybridized carbons (Fsp3) is 0.471. The first-order valence-electron chi connectivity index (χ1n) is 8.35. The van der Waals surface area contributed by atoms with Gasteiger partial charge < -0.3 is 20.1 Å². The molecule has 0 aliphatic carbocycles. The molecule has 0 saturated carbocycles. The molecule has 2 aliphatic rings. The van der Waals surface area contributed by atoms with Crippen LogP contribution >= 0.6 is 0 Å². The summed E-state index contributed by atoms with van der Waals surface area (Å²) in [6, 6.07) is 5.50. The number of carbonyl (C=O) groups is 1. The number of hydrogen-bond donors (Lipinski definition) is 1. The maximum Gasteiger partial charge on any atom is 0.269 e. The van der Waals surface area contributed by atoms with Gasteiger partial charge >= 0.3 is 0 Å². The summed E-state index contributed by atoms with van der Waals surface area (Å²) in [5.41, 5.74) is 6.26. The van der Waals surface area contributed by atoms with Gasteiger partial charge in [0.05, 0.1) is 31.6 Å². The van der Waals surface area contributed by atoms with Gasteiger partial charge in [0.2, 0.25) is 0 Å². The summed E-state index contributed by atoms with van der Waals surface area (Å²) in [4.78, 5) is 18.0. The van der Waals surface area contributed by atoms with Crippen molar-refractivity contribution in [1.82, 2.24) is 14.8 Å². The normalized spacial score (nSPS) is 18.8. The molecule has 4 rings (SSSR count). The topological polar surface area (TPSA) is 95.5 Å². The highest BCUT2D eigenvalue weighted by molar-refractivity contribution is 5.90. The standard InChI is InChI=1S/C17H21N5O3/c1-24-14-3-2-6-19-16(14)21-7-4-17(5-8-21)11-22-12(10-25-17)9-13(20-22)15(18)23/h2-3,6,9H,4-5,7-8,10-11H2,1H3,(H2,18,23). The second kappa shape index (κ2) is 6.03. The first-order valence-corrected chi connectivity index (χ1v) is 8.35. The minimum Gasteiger partial charge on any atom is -0.493 e. The predicted molar refractivity (Wildman–Crippen MR) is 90.5 cm³/mol. The zero-order valence-electron chi connectivity index (χ0n) is 14.1. The average molecular weight is 343 g/mol. The molecule has 1 spiro atoms. The van der Waals surface area contributed by atoms with Gasteiger partial charge in [-0.15, -0.1) is 0 Å². The molecular formula is C17H21N5O3. The summed E-state index contributed by atoms with van der Waals surface area (Å²) in [7, 11) is 1.66.